The molecule has 3 heteroatoms. The predicted octanol–water partition coefficient (Wildman–Crippen LogP) is 2.52. The molecule has 0 saturated heterocycles. The second-order valence-electron chi connectivity index (χ2n) is 5.40. The van der Waals surface area contributed by atoms with Crippen LogP contribution < -0.4 is 4.74 Å². The Morgan fingerprint density at radius 2 is 1.79 bits per heavy atom. The molecule has 1 aromatic rings. The fourth-order valence-corrected chi connectivity index (χ4v) is 2.37. The van der Waals surface area contributed by atoms with Gasteiger partial charge < -0.3 is 14.4 Å². The van der Waals surface area contributed by atoms with Crippen LogP contribution >= 0.6 is 0 Å². The first-order valence-electron chi connectivity index (χ1n) is 7.23. The SMILES string of the molecule is CN(C)CCOCCOc1ccc2c(c1)CCCC2. The van der Waals surface area contributed by atoms with Gasteiger partial charge in [0.05, 0.1) is 13.2 Å². The van der Waals surface area contributed by atoms with Gasteiger partial charge in [-0.05, 0) is 63.0 Å². The van der Waals surface area contributed by atoms with Gasteiger partial charge in [-0.2, -0.15) is 0 Å². The minimum Gasteiger partial charge on any atom is -0.491 e. The van der Waals surface area contributed by atoms with E-state index in [2.05, 4.69) is 23.1 Å². The van der Waals surface area contributed by atoms with E-state index in [4.69, 9.17) is 9.47 Å². The molecule has 106 valence electrons. The Kier molecular flexibility index (Phi) is 5.67. The highest BCUT2D eigenvalue weighted by Gasteiger charge is 2.09. The molecule has 0 bridgehead atoms. The number of ether oxygens (including phenoxy) is 2. The molecule has 19 heavy (non-hydrogen) atoms. The van der Waals surface area contributed by atoms with Crippen molar-refractivity contribution >= 4 is 0 Å². The highest BCUT2D eigenvalue weighted by Crippen LogP contribution is 2.25. The third kappa shape index (κ3) is 4.84. The smallest absolute Gasteiger partial charge is 0.119 e. The van der Waals surface area contributed by atoms with E-state index in [1.807, 2.05) is 14.1 Å². The molecular formula is C16H25NO2. The van der Waals surface area contributed by atoms with Gasteiger partial charge >= 0.3 is 0 Å². The molecule has 0 aliphatic heterocycles. The first-order chi connectivity index (χ1) is 9.25. The summed E-state index contributed by atoms with van der Waals surface area (Å²) in [4.78, 5) is 2.12. The molecule has 0 atom stereocenters. The fourth-order valence-electron chi connectivity index (χ4n) is 2.37. The summed E-state index contributed by atoms with van der Waals surface area (Å²) in [6.07, 6.45) is 5.06. The highest BCUT2D eigenvalue weighted by molar-refractivity contribution is 5.37. The number of benzene rings is 1. The molecular weight excluding hydrogens is 238 g/mol. The molecule has 0 spiro atoms. The van der Waals surface area contributed by atoms with Crippen molar-refractivity contribution < 1.29 is 9.47 Å². The van der Waals surface area contributed by atoms with Crippen molar-refractivity contribution in [2.45, 2.75) is 25.7 Å². The third-order valence-electron chi connectivity index (χ3n) is 3.50. The van der Waals surface area contributed by atoms with E-state index in [1.54, 1.807) is 0 Å². The van der Waals surface area contributed by atoms with Gasteiger partial charge in [0.1, 0.15) is 12.4 Å². The zero-order valence-corrected chi connectivity index (χ0v) is 12.2. The molecule has 1 aliphatic carbocycles. The number of aryl methyl sites for hydroxylation is 2. The average Bonchev–Trinajstić information content (AvgIpc) is 2.42. The Balaban J connectivity index is 1.68. The molecule has 0 N–H and O–H groups in total. The second kappa shape index (κ2) is 7.51. The summed E-state index contributed by atoms with van der Waals surface area (Å²) in [5.74, 6) is 0.983. The standard InChI is InChI=1S/C16H25NO2/c1-17(2)9-10-18-11-12-19-16-8-7-14-5-3-4-6-15(14)13-16/h7-8,13H,3-6,9-12H2,1-2H3. The van der Waals surface area contributed by atoms with Crippen LogP contribution in [-0.4, -0.2) is 45.4 Å². The molecule has 0 heterocycles. The van der Waals surface area contributed by atoms with Crippen molar-refractivity contribution in [1.29, 1.82) is 0 Å². The Bertz CT molecular complexity index is 390. The van der Waals surface area contributed by atoms with E-state index in [1.165, 1.54) is 36.8 Å². The van der Waals surface area contributed by atoms with Crippen LogP contribution in [0.1, 0.15) is 24.0 Å². The zero-order valence-electron chi connectivity index (χ0n) is 12.2. The van der Waals surface area contributed by atoms with Crippen molar-refractivity contribution in [3.8, 4) is 5.75 Å². The van der Waals surface area contributed by atoms with Gasteiger partial charge in [0, 0.05) is 6.54 Å². The van der Waals surface area contributed by atoms with Crippen molar-refractivity contribution in [1.82, 2.24) is 4.90 Å². The van der Waals surface area contributed by atoms with Gasteiger partial charge in [-0.25, -0.2) is 0 Å². The lowest BCUT2D eigenvalue weighted by Gasteiger charge is -2.17. The van der Waals surface area contributed by atoms with Crippen LogP contribution in [0.15, 0.2) is 18.2 Å². The number of likely N-dealkylation sites (N-methyl/N-ethyl adjacent to an activating group) is 1. The van der Waals surface area contributed by atoms with E-state index in [-0.39, 0.29) is 0 Å². The number of fused-ring (bicyclic) bond motifs is 1. The quantitative estimate of drug-likeness (QED) is 0.706. The van der Waals surface area contributed by atoms with E-state index < -0.39 is 0 Å². The van der Waals surface area contributed by atoms with Crippen LogP contribution in [0.25, 0.3) is 0 Å². The predicted molar refractivity (Wildman–Crippen MR) is 78.0 cm³/mol. The number of nitrogens with zero attached hydrogens (tertiary/aromatic N) is 1. The molecule has 0 unspecified atom stereocenters. The van der Waals surface area contributed by atoms with Crippen LogP contribution in [0.5, 0.6) is 5.75 Å². The van der Waals surface area contributed by atoms with E-state index in [9.17, 15) is 0 Å². The maximum Gasteiger partial charge on any atom is 0.119 e. The maximum atomic E-state index is 5.74. The van der Waals surface area contributed by atoms with Crippen LogP contribution in [0.2, 0.25) is 0 Å². The minimum atomic E-state index is 0.631. The molecule has 0 radical (unpaired) electrons. The van der Waals surface area contributed by atoms with E-state index in [0.717, 1.165) is 18.9 Å². The van der Waals surface area contributed by atoms with Crippen molar-refractivity contribution in [2.75, 3.05) is 40.5 Å². The lowest BCUT2D eigenvalue weighted by Crippen LogP contribution is -2.19. The van der Waals surface area contributed by atoms with Gasteiger partial charge in [0.15, 0.2) is 0 Å². The zero-order chi connectivity index (χ0) is 13.5. The van der Waals surface area contributed by atoms with Crippen molar-refractivity contribution in [3.05, 3.63) is 29.3 Å². The molecule has 1 aliphatic rings. The monoisotopic (exact) mass is 263 g/mol. The van der Waals surface area contributed by atoms with Crippen LogP contribution in [-0.2, 0) is 17.6 Å². The van der Waals surface area contributed by atoms with Gasteiger partial charge in [-0.15, -0.1) is 0 Å². The maximum absolute atomic E-state index is 5.74. The van der Waals surface area contributed by atoms with Gasteiger partial charge in [0.25, 0.3) is 0 Å². The highest BCUT2D eigenvalue weighted by atomic mass is 16.5. The molecule has 0 saturated carbocycles. The third-order valence-corrected chi connectivity index (χ3v) is 3.50. The summed E-state index contributed by atoms with van der Waals surface area (Å²) in [7, 11) is 4.10. The topological polar surface area (TPSA) is 21.7 Å². The van der Waals surface area contributed by atoms with Crippen LogP contribution in [0.4, 0.5) is 0 Å². The number of hydrogen-bond acceptors (Lipinski definition) is 3. The Hall–Kier alpha value is -1.06. The van der Waals surface area contributed by atoms with Crippen molar-refractivity contribution in [3.63, 3.8) is 0 Å². The second-order valence-corrected chi connectivity index (χ2v) is 5.40. The molecule has 1 aromatic carbocycles. The lowest BCUT2D eigenvalue weighted by atomic mass is 9.92. The summed E-state index contributed by atoms with van der Waals surface area (Å²) in [6.45, 7) is 3.01. The Labute approximate surface area is 116 Å². The van der Waals surface area contributed by atoms with Gasteiger partial charge in [-0.3, -0.25) is 0 Å². The number of hydrogen-bond donors (Lipinski definition) is 0. The molecule has 2 rings (SSSR count). The van der Waals surface area contributed by atoms with Crippen LogP contribution in [0, 0.1) is 0 Å². The van der Waals surface area contributed by atoms with Crippen molar-refractivity contribution in [2.24, 2.45) is 0 Å². The van der Waals surface area contributed by atoms with Gasteiger partial charge in [-0.1, -0.05) is 6.07 Å². The summed E-state index contributed by atoms with van der Waals surface area (Å²) < 4.78 is 11.3. The normalized spacial score (nSPS) is 14.5. The van der Waals surface area contributed by atoms with E-state index in [0.29, 0.717) is 13.2 Å². The summed E-state index contributed by atoms with van der Waals surface area (Å²) in [5, 5.41) is 0. The summed E-state index contributed by atoms with van der Waals surface area (Å²) >= 11 is 0. The Morgan fingerprint density at radius 1 is 1.00 bits per heavy atom. The lowest BCUT2D eigenvalue weighted by molar-refractivity contribution is 0.0889. The van der Waals surface area contributed by atoms with E-state index >= 15 is 0 Å². The van der Waals surface area contributed by atoms with Gasteiger partial charge in [0.2, 0.25) is 0 Å². The Morgan fingerprint density at radius 3 is 2.58 bits per heavy atom. The molecule has 0 fully saturated rings. The fraction of sp³-hybridized carbons (Fsp3) is 0.625. The average molecular weight is 263 g/mol. The largest absolute Gasteiger partial charge is 0.491 e. The van der Waals surface area contributed by atoms with Crippen LogP contribution in [0.3, 0.4) is 0 Å². The molecule has 0 amide bonds. The molecule has 3 nitrogen and oxygen atoms in total. The first kappa shape index (κ1) is 14.4. The minimum absolute atomic E-state index is 0.631. The first-order valence-corrected chi connectivity index (χ1v) is 7.23. The molecule has 0 aromatic heterocycles. The number of rotatable bonds is 7. The summed E-state index contributed by atoms with van der Waals surface area (Å²) in [5.41, 5.74) is 2.97. The summed E-state index contributed by atoms with van der Waals surface area (Å²) in [6, 6.07) is 6.51.